The molecule has 0 atom stereocenters. The van der Waals surface area contributed by atoms with Crippen molar-refractivity contribution in [2.45, 2.75) is 71.1 Å². The maximum Gasteiger partial charge on any atom is 0.303 e. The number of aryl methyl sites for hydroxylation is 2. The molecule has 3 heteroatoms. The Hall–Kier alpha value is -1.25. The van der Waals surface area contributed by atoms with Gasteiger partial charge >= 0.3 is 5.97 Å². The molecule has 1 heterocycles. The maximum absolute atomic E-state index is 10.4. The van der Waals surface area contributed by atoms with Crippen LogP contribution in [0.25, 0.3) is 0 Å². The highest BCUT2D eigenvalue weighted by molar-refractivity contribution is 5.66. The third-order valence-corrected chi connectivity index (χ3v) is 3.31. The van der Waals surface area contributed by atoms with Crippen LogP contribution in [0.3, 0.4) is 0 Å². The van der Waals surface area contributed by atoms with Crippen LogP contribution in [0.4, 0.5) is 0 Å². The van der Waals surface area contributed by atoms with Crippen LogP contribution in [0.2, 0.25) is 0 Å². The molecule has 0 amide bonds. The minimum Gasteiger partial charge on any atom is -0.481 e. The highest BCUT2D eigenvalue weighted by Crippen LogP contribution is 2.15. The van der Waals surface area contributed by atoms with Crippen molar-refractivity contribution in [2.24, 2.45) is 0 Å². The van der Waals surface area contributed by atoms with Gasteiger partial charge in [0.25, 0.3) is 0 Å². The van der Waals surface area contributed by atoms with Crippen molar-refractivity contribution in [2.75, 3.05) is 0 Å². The summed E-state index contributed by atoms with van der Waals surface area (Å²) < 4.78 is 5.78. The summed E-state index contributed by atoms with van der Waals surface area (Å²) >= 11 is 0. The molecule has 108 valence electrons. The number of rotatable bonds is 11. The second kappa shape index (κ2) is 9.65. The van der Waals surface area contributed by atoms with Crippen molar-refractivity contribution in [3.63, 3.8) is 0 Å². The molecular weight excluding hydrogens is 240 g/mol. The van der Waals surface area contributed by atoms with E-state index in [1.165, 1.54) is 25.7 Å². The van der Waals surface area contributed by atoms with E-state index in [1.54, 1.807) is 0 Å². The van der Waals surface area contributed by atoms with Gasteiger partial charge in [-0.25, -0.2) is 0 Å². The number of furan rings is 1. The van der Waals surface area contributed by atoms with Gasteiger partial charge in [-0.3, -0.25) is 4.79 Å². The molecule has 0 spiro atoms. The lowest BCUT2D eigenvalue weighted by atomic mass is 10.1. The summed E-state index contributed by atoms with van der Waals surface area (Å²) in [6.45, 7) is 2.22. The van der Waals surface area contributed by atoms with E-state index >= 15 is 0 Å². The first kappa shape index (κ1) is 15.8. The lowest BCUT2D eigenvalue weighted by Gasteiger charge is -1.99. The van der Waals surface area contributed by atoms with E-state index in [1.807, 2.05) is 0 Å². The van der Waals surface area contributed by atoms with Crippen molar-refractivity contribution >= 4 is 5.97 Å². The third kappa shape index (κ3) is 7.70. The van der Waals surface area contributed by atoms with Gasteiger partial charge in [-0.2, -0.15) is 0 Å². The zero-order chi connectivity index (χ0) is 13.9. The molecule has 0 saturated carbocycles. The van der Waals surface area contributed by atoms with E-state index in [0.717, 1.165) is 43.6 Å². The predicted octanol–water partition coefficient (Wildman–Crippen LogP) is 4.59. The lowest BCUT2D eigenvalue weighted by Crippen LogP contribution is -1.94. The largest absolute Gasteiger partial charge is 0.481 e. The molecule has 0 aliphatic rings. The zero-order valence-electron chi connectivity index (χ0n) is 12.0. The molecule has 0 bridgehead atoms. The molecule has 1 N–H and O–H groups in total. The van der Waals surface area contributed by atoms with Crippen molar-refractivity contribution in [1.29, 1.82) is 0 Å². The fraction of sp³-hybridized carbons (Fsp3) is 0.688. The Morgan fingerprint density at radius 3 is 2.11 bits per heavy atom. The first-order valence-corrected chi connectivity index (χ1v) is 7.51. The van der Waals surface area contributed by atoms with E-state index in [4.69, 9.17) is 9.52 Å². The Labute approximate surface area is 116 Å². The van der Waals surface area contributed by atoms with Gasteiger partial charge in [0.2, 0.25) is 0 Å². The summed E-state index contributed by atoms with van der Waals surface area (Å²) in [5, 5.41) is 8.54. The molecule has 0 unspecified atom stereocenters. The van der Waals surface area contributed by atoms with Crippen LogP contribution in [0.5, 0.6) is 0 Å². The van der Waals surface area contributed by atoms with Crippen LogP contribution >= 0.6 is 0 Å². The number of carboxylic acid groups (broad SMARTS) is 1. The Balaban J connectivity index is 2.11. The summed E-state index contributed by atoms with van der Waals surface area (Å²) in [7, 11) is 0. The number of unbranched alkanes of at least 4 members (excludes halogenated alkanes) is 5. The normalized spacial score (nSPS) is 10.8. The molecule has 3 nitrogen and oxygen atoms in total. The predicted molar refractivity (Wildman–Crippen MR) is 76.4 cm³/mol. The Bertz CT molecular complexity index is 355. The molecule has 0 aliphatic carbocycles. The SMILES string of the molecule is CCCCCCc1ccc(CCCCCC(=O)O)o1. The highest BCUT2D eigenvalue weighted by atomic mass is 16.4. The van der Waals surface area contributed by atoms with Crippen LogP contribution in [0.1, 0.15) is 69.8 Å². The summed E-state index contributed by atoms with van der Waals surface area (Å²) in [6.07, 6.45) is 10.0. The van der Waals surface area contributed by atoms with Crippen molar-refractivity contribution in [3.05, 3.63) is 23.7 Å². The van der Waals surface area contributed by atoms with Gasteiger partial charge in [-0.1, -0.05) is 32.6 Å². The molecule has 0 aromatic carbocycles. The monoisotopic (exact) mass is 266 g/mol. The molecule has 1 aromatic heterocycles. The van der Waals surface area contributed by atoms with E-state index in [0.29, 0.717) is 0 Å². The first-order chi connectivity index (χ1) is 9.22. The van der Waals surface area contributed by atoms with E-state index in [9.17, 15) is 4.79 Å². The van der Waals surface area contributed by atoms with Crippen LogP contribution in [-0.2, 0) is 17.6 Å². The Morgan fingerprint density at radius 2 is 1.58 bits per heavy atom. The summed E-state index contributed by atoms with van der Waals surface area (Å²) in [4.78, 5) is 10.4. The van der Waals surface area contributed by atoms with E-state index in [-0.39, 0.29) is 6.42 Å². The zero-order valence-corrected chi connectivity index (χ0v) is 12.0. The minimum absolute atomic E-state index is 0.279. The van der Waals surface area contributed by atoms with Crippen molar-refractivity contribution < 1.29 is 14.3 Å². The van der Waals surface area contributed by atoms with Gasteiger partial charge < -0.3 is 9.52 Å². The standard InChI is InChI=1S/C16H26O3/c1-2-3-4-6-9-14-12-13-15(19-14)10-7-5-8-11-16(17)18/h12-13H,2-11H2,1H3,(H,17,18). The third-order valence-electron chi connectivity index (χ3n) is 3.31. The minimum atomic E-state index is -0.702. The lowest BCUT2D eigenvalue weighted by molar-refractivity contribution is -0.137. The molecule has 19 heavy (non-hydrogen) atoms. The number of hydrogen-bond acceptors (Lipinski definition) is 2. The van der Waals surface area contributed by atoms with Gasteiger partial charge in [0, 0.05) is 19.3 Å². The molecular formula is C16H26O3. The van der Waals surface area contributed by atoms with Gasteiger partial charge in [0.15, 0.2) is 0 Å². The maximum atomic E-state index is 10.4. The number of carbonyl (C=O) groups is 1. The summed E-state index contributed by atoms with van der Waals surface area (Å²) in [5.41, 5.74) is 0. The number of aliphatic carboxylic acids is 1. The number of carboxylic acids is 1. The average Bonchev–Trinajstić information content (AvgIpc) is 2.82. The van der Waals surface area contributed by atoms with Crippen molar-refractivity contribution in [3.8, 4) is 0 Å². The molecule has 0 saturated heterocycles. The van der Waals surface area contributed by atoms with Crippen LogP contribution < -0.4 is 0 Å². The quantitative estimate of drug-likeness (QED) is 0.596. The van der Waals surface area contributed by atoms with Gasteiger partial charge in [-0.05, 0) is 31.4 Å². The number of hydrogen-bond donors (Lipinski definition) is 1. The van der Waals surface area contributed by atoms with Gasteiger partial charge in [0.05, 0.1) is 0 Å². The Morgan fingerprint density at radius 1 is 1.00 bits per heavy atom. The second-order valence-corrected chi connectivity index (χ2v) is 5.13. The fourth-order valence-electron chi connectivity index (χ4n) is 2.17. The topological polar surface area (TPSA) is 50.4 Å². The fourth-order valence-corrected chi connectivity index (χ4v) is 2.17. The van der Waals surface area contributed by atoms with E-state index < -0.39 is 5.97 Å². The molecule has 0 aliphatic heterocycles. The second-order valence-electron chi connectivity index (χ2n) is 5.13. The van der Waals surface area contributed by atoms with Crippen molar-refractivity contribution in [1.82, 2.24) is 0 Å². The summed E-state index contributed by atoms with van der Waals surface area (Å²) in [5.74, 6) is 1.44. The molecule has 1 aromatic rings. The van der Waals surface area contributed by atoms with Crippen LogP contribution in [0, 0.1) is 0 Å². The Kier molecular flexibility index (Phi) is 8.03. The van der Waals surface area contributed by atoms with E-state index in [2.05, 4.69) is 19.1 Å². The molecule has 0 fully saturated rings. The molecule has 1 rings (SSSR count). The highest BCUT2D eigenvalue weighted by Gasteiger charge is 2.03. The van der Waals surface area contributed by atoms with Crippen LogP contribution in [-0.4, -0.2) is 11.1 Å². The summed E-state index contributed by atoms with van der Waals surface area (Å²) in [6, 6.07) is 4.14. The average molecular weight is 266 g/mol. The van der Waals surface area contributed by atoms with Gasteiger partial charge in [-0.15, -0.1) is 0 Å². The first-order valence-electron chi connectivity index (χ1n) is 7.51. The van der Waals surface area contributed by atoms with Gasteiger partial charge in [0.1, 0.15) is 11.5 Å². The van der Waals surface area contributed by atoms with Crippen LogP contribution in [0.15, 0.2) is 16.5 Å². The smallest absolute Gasteiger partial charge is 0.303 e. The molecule has 0 radical (unpaired) electrons.